The second-order valence-electron chi connectivity index (χ2n) is 3.35. The molecule has 84 valence electrons. The zero-order valence-corrected chi connectivity index (χ0v) is 11.3. The Bertz CT molecular complexity index is 276. The van der Waals surface area contributed by atoms with Crippen molar-refractivity contribution in [2.45, 2.75) is 19.4 Å². The number of benzene rings is 1. The number of halogens is 1. The minimum atomic E-state index is 0.358. The van der Waals surface area contributed by atoms with Crippen LogP contribution in [0.4, 0.5) is 0 Å². The lowest BCUT2D eigenvalue weighted by Crippen LogP contribution is -2.38. The van der Waals surface area contributed by atoms with E-state index in [9.17, 15) is 0 Å². The zero-order valence-electron chi connectivity index (χ0n) is 8.87. The molecule has 1 unspecified atom stereocenters. The van der Waals surface area contributed by atoms with Gasteiger partial charge >= 0.3 is 0 Å². The summed E-state index contributed by atoms with van der Waals surface area (Å²) in [6, 6.07) is 8.75. The number of nitrogens with one attached hydrogen (secondary N) is 1. The lowest BCUT2D eigenvalue weighted by Gasteiger charge is -2.15. The topological polar surface area (TPSA) is 38.0 Å². The summed E-state index contributed by atoms with van der Waals surface area (Å²) in [4.78, 5) is 0. The molecule has 0 aliphatic rings. The Balaban J connectivity index is 2.47. The normalized spacial score (nSPS) is 12.7. The van der Waals surface area contributed by atoms with Crippen LogP contribution in [0, 0.1) is 0 Å². The summed E-state index contributed by atoms with van der Waals surface area (Å²) in [6.07, 6.45) is 0.983. The lowest BCUT2D eigenvalue weighted by molar-refractivity contribution is 0.575. The van der Waals surface area contributed by atoms with Crippen molar-refractivity contribution in [3.63, 3.8) is 0 Å². The molecule has 1 aromatic carbocycles. The Labute approximate surface area is 104 Å². The quantitative estimate of drug-likeness (QED) is 0.624. The standard InChI is InChI=1S/C11H17BrN2S/c1-2-15-8-11(14-13)7-9-3-5-10(12)6-4-9/h3-6,11,14H,2,7-8,13H2,1H3. The highest BCUT2D eigenvalue weighted by Crippen LogP contribution is 2.13. The Morgan fingerprint density at radius 1 is 1.40 bits per heavy atom. The van der Waals surface area contributed by atoms with Crippen molar-refractivity contribution < 1.29 is 0 Å². The van der Waals surface area contributed by atoms with Gasteiger partial charge in [0.25, 0.3) is 0 Å². The number of hydrogen-bond donors (Lipinski definition) is 2. The summed E-state index contributed by atoms with van der Waals surface area (Å²) in [6.45, 7) is 2.16. The van der Waals surface area contributed by atoms with Crippen molar-refractivity contribution >= 4 is 27.7 Å². The van der Waals surface area contributed by atoms with E-state index in [4.69, 9.17) is 5.84 Å². The Hall–Kier alpha value is -0.0300. The lowest BCUT2D eigenvalue weighted by atomic mass is 10.1. The largest absolute Gasteiger partial charge is 0.271 e. The van der Waals surface area contributed by atoms with Crippen molar-refractivity contribution in [3.8, 4) is 0 Å². The molecule has 0 radical (unpaired) electrons. The maximum Gasteiger partial charge on any atom is 0.0341 e. The van der Waals surface area contributed by atoms with Crippen molar-refractivity contribution in [2.24, 2.45) is 5.84 Å². The second-order valence-corrected chi connectivity index (χ2v) is 5.59. The minimum Gasteiger partial charge on any atom is -0.271 e. The highest BCUT2D eigenvalue weighted by Gasteiger charge is 2.06. The molecule has 0 aliphatic carbocycles. The van der Waals surface area contributed by atoms with Crippen molar-refractivity contribution in [2.75, 3.05) is 11.5 Å². The minimum absolute atomic E-state index is 0.358. The molecule has 3 N–H and O–H groups in total. The fourth-order valence-electron chi connectivity index (χ4n) is 1.33. The van der Waals surface area contributed by atoms with Gasteiger partial charge < -0.3 is 0 Å². The maximum absolute atomic E-state index is 5.52. The third-order valence-corrected chi connectivity index (χ3v) is 3.73. The zero-order chi connectivity index (χ0) is 11.1. The van der Waals surface area contributed by atoms with Gasteiger partial charge in [-0.1, -0.05) is 35.0 Å². The van der Waals surface area contributed by atoms with Gasteiger partial charge in [0.15, 0.2) is 0 Å². The second kappa shape index (κ2) is 7.28. The summed E-state index contributed by atoms with van der Waals surface area (Å²) in [5.74, 6) is 7.71. The first-order chi connectivity index (χ1) is 7.26. The Kier molecular flexibility index (Phi) is 6.32. The van der Waals surface area contributed by atoms with Crippen LogP contribution in [-0.2, 0) is 6.42 Å². The third kappa shape index (κ3) is 5.02. The first-order valence-corrected chi connectivity index (χ1v) is 6.99. The molecule has 1 aromatic rings. The van der Waals surface area contributed by atoms with Crippen LogP contribution in [0.1, 0.15) is 12.5 Å². The van der Waals surface area contributed by atoms with Crippen LogP contribution in [0.5, 0.6) is 0 Å². The van der Waals surface area contributed by atoms with Crippen molar-refractivity contribution in [3.05, 3.63) is 34.3 Å². The van der Waals surface area contributed by atoms with Crippen LogP contribution < -0.4 is 11.3 Å². The summed E-state index contributed by atoms with van der Waals surface area (Å²) in [5.41, 5.74) is 4.18. The van der Waals surface area contributed by atoms with Gasteiger partial charge in [0.05, 0.1) is 0 Å². The molecule has 1 rings (SSSR count). The molecule has 1 atom stereocenters. The summed E-state index contributed by atoms with van der Waals surface area (Å²) < 4.78 is 1.12. The van der Waals surface area contributed by atoms with Crippen LogP contribution in [0.2, 0.25) is 0 Å². The van der Waals surface area contributed by atoms with Crippen molar-refractivity contribution in [1.82, 2.24) is 5.43 Å². The van der Waals surface area contributed by atoms with E-state index in [0.29, 0.717) is 6.04 Å². The molecule has 4 heteroatoms. The predicted molar refractivity (Wildman–Crippen MR) is 72.0 cm³/mol. The highest BCUT2D eigenvalue weighted by molar-refractivity contribution is 9.10. The Morgan fingerprint density at radius 3 is 2.60 bits per heavy atom. The number of nitrogens with two attached hydrogens (primary N) is 1. The monoisotopic (exact) mass is 288 g/mol. The average Bonchev–Trinajstić information content (AvgIpc) is 2.27. The molecule has 0 aliphatic heterocycles. The van der Waals surface area contributed by atoms with E-state index in [1.165, 1.54) is 5.56 Å². The first kappa shape index (κ1) is 13.0. The molecule has 0 saturated carbocycles. The van der Waals surface area contributed by atoms with Gasteiger partial charge in [-0.05, 0) is 29.9 Å². The molecule has 0 aromatic heterocycles. The van der Waals surface area contributed by atoms with Crippen LogP contribution in [0.25, 0.3) is 0 Å². The van der Waals surface area contributed by atoms with E-state index in [0.717, 1.165) is 22.4 Å². The smallest absolute Gasteiger partial charge is 0.0341 e. The van der Waals surface area contributed by atoms with E-state index in [1.54, 1.807) is 0 Å². The van der Waals surface area contributed by atoms with Gasteiger partial charge in [-0.3, -0.25) is 11.3 Å². The molecule has 15 heavy (non-hydrogen) atoms. The van der Waals surface area contributed by atoms with Gasteiger partial charge in [-0.2, -0.15) is 11.8 Å². The average molecular weight is 289 g/mol. The Morgan fingerprint density at radius 2 is 2.07 bits per heavy atom. The molecule has 0 saturated heterocycles. The highest BCUT2D eigenvalue weighted by atomic mass is 79.9. The SMILES string of the molecule is CCSCC(Cc1ccc(Br)cc1)NN. The van der Waals surface area contributed by atoms with Crippen LogP contribution in [0.3, 0.4) is 0 Å². The van der Waals surface area contributed by atoms with E-state index in [-0.39, 0.29) is 0 Å². The number of hydrazine groups is 1. The van der Waals surface area contributed by atoms with Gasteiger partial charge in [-0.25, -0.2) is 0 Å². The van der Waals surface area contributed by atoms with Crippen molar-refractivity contribution in [1.29, 1.82) is 0 Å². The molecule has 2 nitrogen and oxygen atoms in total. The van der Waals surface area contributed by atoms with E-state index in [1.807, 2.05) is 11.8 Å². The third-order valence-electron chi connectivity index (χ3n) is 2.15. The van der Waals surface area contributed by atoms with Gasteiger partial charge in [0, 0.05) is 16.3 Å². The van der Waals surface area contributed by atoms with Crippen LogP contribution >= 0.6 is 27.7 Å². The molecule has 0 bridgehead atoms. The molecule has 0 heterocycles. The number of hydrogen-bond acceptors (Lipinski definition) is 3. The first-order valence-electron chi connectivity index (χ1n) is 5.04. The summed E-state index contributed by atoms with van der Waals surface area (Å²) in [7, 11) is 0. The number of rotatable bonds is 6. The maximum atomic E-state index is 5.52. The van der Waals surface area contributed by atoms with Gasteiger partial charge in [0.1, 0.15) is 0 Å². The van der Waals surface area contributed by atoms with Gasteiger partial charge in [0.2, 0.25) is 0 Å². The predicted octanol–water partition coefficient (Wildman–Crippen LogP) is 2.58. The van der Waals surface area contributed by atoms with E-state index in [2.05, 4.69) is 52.5 Å². The molecular weight excluding hydrogens is 272 g/mol. The van der Waals surface area contributed by atoms with Gasteiger partial charge in [-0.15, -0.1) is 0 Å². The summed E-state index contributed by atoms with van der Waals surface area (Å²) >= 11 is 5.34. The van der Waals surface area contributed by atoms with E-state index >= 15 is 0 Å². The molecule has 0 amide bonds. The van der Waals surface area contributed by atoms with Crippen LogP contribution in [0.15, 0.2) is 28.7 Å². The molecule has 0 fully saturated rings. The van der Waals surface area contributed by atoms with Crippen LogP contribution in [-0.4, -0.2) is 17.5 Å². The number of thioether (sulfide) groups is 1. The summed E-state index contributed by atoms with van der Waals surface area (Å²) in [5, 5.41) is 0. The molecule has 0 spiro atoms. The fraction of sp³-hybridized carbons (Fsp3) is 0.455. The molecular formula is C11H17BrN2S. The van der Waals surface area contributed by atoms with E-state index < -0.39 is 0 Å². The fourth-order valence-corrected chi connectivity index (χ4v) is 2.33.